The Labute approximate surface area is 124 Å². The van der Waals surface area contributed by atoms with Crippen molar-refractivity contribution in [2.24, 2.45) is 0 Å². The third kappa shape index (κ3) is 2.93. The van der Waals surface area contributed by atoms with Gasteiger partial charge in [-0.3, -0.25) is 0 Å². The first-order chi connectivity index (χ1) is 9.75. The molecule has 1 fully saturated rings. The van der Waals surface area contributed by atoms with Crippen LogP contribution in [0.3, 0.4) is 0 Å². The smallest absolute Gasteiger partial charge is 0.0133 e. The van der Waals surface area contributed by atoms with Gasteiger partial charge in [0.2, 0.25) is 0 Å². The van der Waals surface area contributed by atoms with Crippen LogP contribution < -0.4 is 0 Å². The van der Waals surface area contributed by atoms with E-state index in [0.717, 1.165) is 12.0 Å². The van der Waals surface area contributed by atoms with E-state index in [4.69, 9.17) is 0 Å². The molecule has 0 bridgehead atoms. The van der Waals surface area contributed by atoms with E-state index in [1.807, 2.05) is 0 Å². The van der Waals surface area contributed by atoms with Crippen molar-refractivity contribution in [3.63, 3.8) is 0 Å². The fourth-order valence-electron chi connectivity index (χ4n) is 4.21. The predicted octanol–water partition coefficient (Wildman–Crippen LogP) is 4.54. The highest BCUT2D eigenvalue weighted by molar-refractivity contribution is 5.40. The van der Waals surface area contributed by atoms with Crippen molar-refractivity contribution >= 4 is 0 Å². The fraction of sp³-hybridized carbons (Fsp3) is 0.684. The number of nitrogens with zero attached hydrogens (tertiary/aromatic N) is 1. The van der Waals surface area contributed by atoms with Gasteiger partial charge in [-0.1, -0.05) is 43.9 Å². The maximum atomic E-state index is 2.44. The van der Waals surface area contributed by atoms with E-state index in [1.165, 1.54) is 57.8 Å². The zero-order valence-corrected chi connectivity index (χ0v) is 13.2. The summed E-state index contributed by atoms with van der Waals surface area (Å²) in [5, 5.41) is 0. The molecule has 1 aromatic rings. The lowest BCUT2D eigenvalue weighted by atomic mass is 9.79. The van der Waals surface area contributed by atoms with E-state index >= 15 is 0 Å². The molecule has 1 atom stereocenters. The molecule has 2 aliphatic rings. The van der Waals surface area contributed by atoms with Crippen molar-refractivity contribution < 1.29 is 0 Å². The van der Waals surface area contributed by atoms with E-state index in [1.54, 1.807) is 16.7 Å². The summed E-state index contributed by atoms with van der Waals surface area (Å²) in [6.45, 7) is 0. The molecule has 0 amide bonds. The van der Waals surface area contributed by atoms with Gasteiger partial charge >= 0.3 is 0 Å². The molecule has 1 unspecified atom stereocenters. The Morgan fingerprint density at radius 1 is 0.950 bits per heavy atom. The zero-order chi connectivity index (χ0) is 13.9. The maximum absolute atomic E-state index is 2.44. The summed E-state index contributed by atoms with van der Waals surface area (Å²) < 4.78 is 0. The van der Waals surface area contributed by atoms with Crippen molar-refractivity contribution in [3.05, 3.63) is 34.9 Å². The number of aryl methyl sites for hydroxylation is 1. The second-order valence-corrected chi connectivity index (χ2v) is 7.03. The Morgan fingerprint density at radius 3 is 2.40 bits per heavy atom. The maximum Gasteiger partial charge on any atom is 0.0133 e. The van der Waals surface area contributed by atoms with Crippen LogP contribution in [0, 0.1) is 0 Å². The molecule has 0 radical (unpaired) electrons. The normalized spacial score (nSPS) is 24.4. The molecule has 0 saturated heterocycles. The summed E-state index contributed by atoms with van der Waals surface area (Å²) in [7, 11) is 4.48. The van der Waals surface area contributed by atoms with Gasteiger partial charge in [0.05, 0.1) is 0 Å². The zero-order valence-electron chi connectivity index (χ0n) is 13.2. The molecule has 1 aromatic carbocycles. The highest BCUT2D eigenvalue weighted by Gasteiger charge is 2.25. The summed E-state index contributed by atoms with van der Waals surface area (Å²) in [5.41, 5.74) is 5.06. The van der Waals surface area contributed by atoms with E-state index in [0.29, 0.717) is 0 Å². The number of likely N-dealkylation sites (N-methyl/N-ethyl adjacent to an activating group) is 1. The third-order valence-electron chi connectivity index (χ3n) is 5.52. The minimum Gasteiger partial charge on any atom is -0.306 e. The third-order valence-corrected chi connectivity index (χ3v) is 5.52. The molecule has 3 rings (SSSR count). The Bertz CT molecular complexity index is 441. The van der Waals surface area contributed by atoms with Gasteiger partial charge in [-0.05, 0) is 68.8 Å². The molecule has 0 aliphatic heterocycles. The summed E-state index contributed by atoms with van der Waals surface area (Å²) in [6, 6.07) is 7.87. The predicted molar refractivity (Wildman–Crippen MR) is 86.4 cm³/mol. The van der Waals surface area contributed by atoms with Gasteiger partial charge < -0.3 is 4.90 Å². The minimum atomic E-state index is 0.745. The van der Waals surface area contributed by atoms with Gasteiger partial charge in [-0.2, -0.15) is 0 Å². The average Bonchev–Trinajstić information content (AvgIpc) is 2.75. The van der Waals surface area contributed by atoms with Crippen molar-refractivity contribution in [1.82, 2.24) is 4.90 Å². The monoisotopic (exact) mass is 271 g/mol. The molecule has 1 saturated carbocycles. The topological polar surface area (TPSA) is 3.24 Å². The Kier molecular flexibility index (Phi) is 4.45. The van der Waals surface area contributed by atoms with Gasteiger partial charge in [0, 0.05) is 6.04 Å². The quantitative estimate of drug-likeness (QED) is 0.714. The molecule has 110 valence electrons. The van der Waals surface area contributed by atoms with Crippen LogP contribution in [0.1, 0.15) is 67.6 Å². The van der Waals surface area contributed by atoms with Gasteiger partial charge in [0.15, 0.2) is 0 Å². The second kappa shape index (κ2) is 6.30. The molecular formula is C19H29N. The molecular weight excluding hydrogens is 242 g/mol. The number of benzene rings is 1. The summed E-state index contributed by atoms with van der Waals surface area (Å²) in [4.78, 5) is 2.42. The second-order valence-electron chi connectivity index (χ2n) is 7.03. The highest BCUT2D eigenvalue weighted by atomic mass is 15.1. The van der Waals surface area contributed by atoms with Crippen molar-refractivity contribution in [2.45, 2.75) is 69.7 Å². The van der Waals surface area contributed by atoms with Crippen LogP contribution in [-0.2, 0) is 12.8 Å². The van der Waals surface area contributed by atoms with Crippen molar-refractivity contribution in [1.29, 1.82) is 0 Å². The molecule has 20 heavy (non-hydrogen) atoms. The van der Waals surface area contributed by atoms with Crippen LogP contribution >= 0.6 is 0 Å². The van der Waals surface area contributed by atoms with Crippen LogP contribution in [0.25, 0.3) is 0 Å². The molecule has 1 nitrogen and oxygen atoms in total. The van der Waals surface area contributed by atoms with Crippen LogP contribution in [0.4, 0.5) is 0 Å². The molecule has 0 aromatic heterocycles. The average molecular weight is 271 g/mol. The lowest BCUT2D eigenvalue weighted by Crippen LogP contribution is -2.34. The van der Waals surface area contributed by atoms with Gasteiger partial charge in [-0.15, -0.1) is 0 Å². The van der Waals surface area contributed by atoms with E-state index < -0.39 is 0 Å². The number of hydrogen-bond acceptors (Lipinski definition) is 1. The van der Waals surface area contributed by atoms with Crippen LogP contribution in [0.5, 0.6) is 0 Å². The Balaban J connectivity index is 1.88. The molecule has 0 heterocycles. The number of fused-ring (bicyclic) bond motifs is 1. The van der Waals surface area contributed by atoms with Crippen LogP contribution in [0.2, 0.25) is 0 Å². The van der Waals surface area contributed by atoms with E-state index in [2.05, 4.69) is 37.2 Å². The van der Waals surface area contributed by atoms with E-state index in [9.17, 15) is 0 Å². The van der Waals surface area contributed by atoms with Crippen LogP contribution in [0.15, 0.2) is 18.2 Å². The Morgan fingerprint density at radius 2 is 1.70 bits per heavy atom. The molecule has 0 N–H and O–H groups in total. The largest absolute Gasteiger partial charge is 0.306 e. The summed E-state index contributed by atoms with van der Waals surface area (Å²) >= 11 is 0. The SMILES string of the molecule is CN(C)C1CCc2cccc(C3CCCCCC3)c2C1. The van der Waals surface area contributed by atoms with Crippen molar-refractivity contribution in [3.8, 4) is 0 Å². The van der Waals surface area contributed by atoms with Gasteiger partial charge in [0.25, 0.3) is 0 Å². The lowest BCUT2D eigenvalue weighted by molar-refractivity contribution is 0.267. The van der Waals surface area contributed by atoms with Gasteiger partial charge in [0.1, 0.15) is 0 Å². The van der Waals surface area contributed by atoms with Gasteiger partial charge in [-0.25, -0.2) is 0 Å². The lowest BCUT2D eigenvalue weighted by Gasteiger charge is -2.32. The first-order valence-electron chi connectivity index (χ1n) is 8.53. The Hall–Kier alpha value is -0.820. The number of hydrogen-bond donors (Lipinski definition) is 0. The van der Waals surface area contributed by atoms with Crippen LogP contribution in [-0.4, -0.2) is 25.0 Å². The highest BCUT2D eigenvalue weighted by Crippen LogP contribution is 2.37. The molecule has 2 aliphatic carbocycles. The molecule has 0 spiro atoms. The first kappa shape index (κ1) is 14.1. The van der Waals surface area contributed by atoms with E-state index in [-0.39, 0.29) is 0 Å². The standard InChI is InChI=1S/C19H29N/c1-20(2)17-13-12-16-10-7-11-18(19(16)14-17)15-8-5-3-4-6-9-15/h7,10-11,15,17H,3-6,8-9,12-14H2,1-2H3. The first-order valence-corrected chi connectivity index (χ1v) is 8.53. The minimum absolute atomic E-state index is 0.745. The van der Waals surface area contributed by atoms with Crippen molar-refractivity contribution in [2.75, 3.05) is 14.1 Å². The molecule has 1 heteroatoms. The summed E-state index contributed by atoms with van der Waals surface area (Å²) in [6.07, 6.45) is 12.5. The fourth-order valence-corrected chi connectivity index (χ4v) is 4.21. The summed E-state index contributed by atoms with van der Waals surface area (Å²) in [5.74, 6) is 0.841. The number of rotatable bonds is 2.